The highest BCUT2D eigenvalue weighted by Gasteiger charge is 2.01. The zero-order valence-corrected chi connectivity index (χ0v) is 9.48. The Kier molecular flexibility index (Phi) is 5.20. The highest BCUT2D eigenvalue weighted by molar-refractivity contribution is 6.04. The molecule has 0 aliphatic heterocycles. The zero-order valence-electron chi connectivity index (χ0n) is 9.48. The standard InChI is InChI=1S/C14H16O2/c1-12(7-5-6-10-15)11-14(16)13-8-3-2-4-9-13/h2-4,8-11H,5-7H2,1H3. The minimum Gasteiger partial charge on any atom is -0.303 e. The number of carbonyl (C=O) groups excluding carboxylic acids is 2. The van der Waals surface area contributed by atoms with Crippen molar-refractivity contribution in [3.63, 3.8) is 0 Å². The first-order chi connectivity index (χ1) is 7.74. The molecule has 0 saturated carbocycles. The summed E-state index contributed by atoms with van der Waals surface area (Å²) < 4.78 is 0. The Hall–Kier alpha value is -1.70. The van der Waals surface area contributed by atoms with Gasteiger partial charge in [-0.2, -0.15) is 0 Å². The van der Waals surface area contributed by atoms with Gasteiger partial charge in [-0.05, 0) is 25.8 Å². The largest absolute Gasteiger partial charge is 0.303 e. The van der Waals surface area contributed by atoms with Gasteiger partial charge in [0, 0.05) is 12.0 Å². The van der Waals surface area contributed by atoms with Crippen molar-refractivity contribution in [1.29, 1.82) is 0 Å². The van der Waals surface area contributed by atoms with Gasteiger partial charge in [-0.15, -0.1) is 0 Å². The molecule has 0 heterocycles. The third-order valence-corrected chi connectivity index (χ3v) is 2.33. The lowest BCUT2D eigenvalue weighted by Crippen LogP contribution is -1.95. The topological polar surface area (TPSA) is 34.1 Å². The highest BCUT2D eigenvalue weighted by Crippen LogP contribution is 2.08. The van der Waals surface area contributed by atoms with E-state index in [0.717, 1.165) is 24.7 Å². The van der Waals surface area contributed by atoms with Gasteiger partial charge in [0.2, 0.25) is 0 Å². The Morgan fingerprint density at radius 1 is 1.25 bits per heavy atom. The average Bonchev–Trinajstić information content (AvgIpc) is 2.30. The Bertz CT molecular complexity index is 377. The summed E-state index contributed by atoms with van der Waals surface area (Å²) >= 11 is 0. The smallest absolute Gasteiger partial charge is 0.185 e. The van der Waals surface area contributed by atoms with E-state index in [1.54, 1.807) is 18.2 Å². The van der Waals surface area contributed by atoms with Crippen molar-refractivity contribution in [3.05, 3.63) is 47.5 Å². The zero-order chi connectivity index (χ0) is 11.8. The van der Waals surface area contributed by atoms with Crippen molar-refractivity contribution in [3.8, 4) is 0 Å². The molecule has 1 rings (SSSR count). The molecule has 1 aromatic carbocycles. The fourth-order valence-electron chi connectivity index (χ4n) is 1.45. The van der Waals surface area contributed by atoms with E-state index in [1.807, 2.05) is 25.1 Å². The number of unbranched alkanes of at least 4 members (excludes halogenated alkanes) is 1. The van der Waals surface area contributed by atoms with Gasteiger partial charge in [0.25, 0.3) is 0 Å². The maximum atomic E-state index is 11.7. The third-order valence-electron chi connectivity index (χ3n) is 2.33. The van der Waals surface area contributed by atoms with E-state index >= 15 is 0 Å². The molecule has 1 aromatic rings. The Balaban J connectivity index is 2.55. The van der Waals surface area contributed by atoms with Crippen molar-refractivity contribution in [2.45, 2.75) is 26.2 Å². The first-order valence-electron chi connectivity index (χ1n) is 5.44. The van der Waals surface area contributed by atoms with Crippen LogP contribution in [0, 0.1) is 0 Å². The van der Waals surface area contributed by atoms with E-state index in [4.69, 9.17) is 0 Å². The lowest BCUT2D eigenvalue weighted by atomic mass is 10.1. The molecule has 16 heavy (non-hydrogen) atoms. The molecule has 2 heteroatoms. The second-order valence-electron chi connectivity index (χ2n) is 3.78. The maximum absolute atomic E-state index is 11.7. The van der Waals surface area contributed by atoms with Gasteiger partial charge < -0.3 is 4.79 Å². The lowest BCUT2D eigenvalue weighted by molar-refractivity contribution is -0.107. The quantitative estimate of drug-likeness (QED) is 0.317. The van der Waals surface area contributed by atoms with Crippen LogP contribution in [0.4, 0.5) is 0 Å². The molecule has 0 aliphatic carbocycles. The van der Waals surface area contributed by atoms with Crippen molar-refractivity contribution in [2.75, 3.05) is 0 Å². The van der Waals surface area contributed by atoms with Gasteiger partial charge in [-0.1, -0.05) is 35.9 Å². The summed E-state index contributed by atoms with van der Waals surface area (Å²) in [5.41, 5.74) is 1.73. The summed E-state index contributed by atoms with van der Waals surface area (Å²) in [5, 5.41) is 0. The van der Waals surface area contributed by atoms with Gasteiger partial charge >= 0.3 is 0 Å². The second kappa shape index (κ2) is 6.72. The van der Waals surface area contributed by atoms with Crippen LogP contribution in [-0.2, 0) is 4.79 Å². The Labute approximate surface area is 96.0 Å². The van der Waals surface area contributed by atoms with Crippen molar-refractivity contribution in [2.24, 2.45) is 0 Å². The average molecular weight is 216 g/mol. The fraction of sp³-hybridized carbons (Fsp3) is 0.286. The molecule has 0 amide bonds. The van der Waals surface area contributed by atoms with Crippen LogP contribution in [-0.4, -0.2) is 12.1 Å². The number of hydrogen-bond donors (Lipinski definition) is 0. The molecule has 0 spiro atoms. The van der Waals surface area contributed by atoms with Crippen LogP contribution in [0.25, 0.3) is 0 Å². The van der Waals surface area contributed by atoms with Crippen LogP contribution in [0.15, 0.2) is 42.0 Å². The molecule has 84 valence electrons. The molecular formula is C14H16O2. The molecule has 0 bridgehead atoms. The normalized spacial score (nSPS) is 11.2. The van der Waals surface area contributed by atoms with E-state index in [0.29, 0.717) is 12.0 Å². The van der Waals surface area contributed by atoms with E-state index in [1.165, 1.54) is 0 Å². The summed E-state index contributed by atoms with van der Waals surface area (Å²) in [6.07, 6.45) is 4.74. The van der Waals surface area contributed by atoms with Crippen LogP contribution < -0.4 is 0 Å². The molecule has 0 radical (unpaired) electrons. The van der Waals surface area contributed by atoms with Crippen LogP contribution >= 0.6 is 0 Å². The molecule has 0 aliphatic rings. The highest BCUT2D eigenvalue weighted by atomic mass is 16.1. The number of rotatable bonds is 6. The van der Waals surface area contributed by atoms with Crippen molar-refractivity contribution < 1.29 is 9.59 Å². The molecule has 0 fully saturated rings. The number of aldehydes is 1. The molecule has 0 atom stereocenters. The van der Waals surface area contributed by atoms with E-state index in [-0.39, 0.29) is 5.78 Å². The van der Waals surface area contributed by atoms with Gasteiger partial charge in [0.1, 0.15) is 6.29 Å². The number of carbonyl (C=O) groups is 2. The minimum absolute atomic E-state index is 0.0317. The molecule has 0 unspecified atom stereocenters. The fourth-order valence-corrected chi connectivity index (χ4v) is 1.45. The number of hydrogen-bond acceptors (Lipinski definition) is 2. The maximum Gasteiger partial charge on any atom is 0.185 e. The minimum atomic E-state index is 0.0317. The van der Waals surface area contributed by atoms with Crippen LogP contribution in [0.5, 0.6) is 0 Å². The van der Waals surface area contributed by atoms with E-state index in [9.17, 15) is 9.59 Å². The monoisotopic (exact) mass is 216 g/mol. The molecule has 0 aromatic heterocycles. The van der Waals surface area contributed by atoms with Crippen LogP contribution in [0.1, 0.15) is 36.5 Å². The predicted octanol–water partition coefficient (Wildman–Crippen LogP) is 3.18. The second-order valence-corrected chi connectivity index (χ2v) is 3.78. The van der Waals surface area contributed by atoms with Gasteiger partial charge in [0.05, 0.1) is 0 Å². The molecular weight excluding hydrogens is 200 g/mol. The number of ketones is 1. The van der Waals surface area contributed by atoms with Gasteiger partial charge in [-0.3, -0.25) is 4.79 Å². The van der Waals surface area contributed by atoms with Crippen molar-refractivity contribution >= 4 is 12.1 Å². The molecule has 0 N–H and O–H groups in total. The SMILES string of the molecule is CC(=CC(=O)c1ccccc1)CCCC=O. The Morgan fingerprint density at radius 2 is 1.94 bits per heavy atom. The summed E-state index contributed by atoms with van der Waals surface area (Å²) in [6, 6.07) is 9.19. The molecule has 0 saturated heterocycles. The first-order valence-corrected chi connectivity index (χ1v) is 5.44. The predicted molar refractivity (Wildman–Crippen MR) is 64.4 cm³/mol. The summed E-state index contributed by atoms with van der Waals surface area (Å²) in [6.45, 7) is 1.92. The summed E-state index contributed by atoms with van der Waals surface area (Å²) in [5.74, 6) is 0.0317. The lowest BCUT2D eigenvalue weighted by Gasteiger charge is -1.99. The van der Waals surface area contributed by atoms with E-state index < -0.39 is 0 Å². The Morgan fingerprint density at radius 3 is 2.56 bits per heavy atom. The third kappa shape index (κ3) is 4.22. The number of allylic oxidation sites excluding steroid dienone is 2. The van der Waals surface area contributed by atoms with Crippen molar-refractivity contribution in [1.82, 2.24) is 0 Å². The molecule has 2 nitrogen and oxygen atoms in total. The van der Waals surface area contributed by atoms with Gasteiger partial charge in [0.15, 0.2) is 5.78 Å². The summed E-state index contributed by atoms with van der Waals surface area (Å²) in [7, 11) is 0. The number of benzene rings is 1. The van der Waals surface area contributed by atoms with Crippen LogP contribution in [0.3, 0.4) is 0 Å². The first kappa shape index (κ1) is 12.4. The van der Waals surface area contributed by atoms with Gasteiger partial charge in [-0.25, -0.2) is 0 Å². The van der Waals surface area contributed by atoms with E-state index in [2.05, 4.69) is 0 Å². The van der Waals surface area contributed by atoms with Crippen LogP contribution in [0.2, 0.25) is 0 Å². The summed E-state index contributed by atoms with van der Waals surface area (Å²) in [4.78, 5) is 21.9.